The molecule has 0 fully saturated rings. The molecule has 1 heterocycles. The summed E-state index contributed by atoms with van der Waals surface area (Å²) in [5.74, 6) is -0.207. The highest BCUT2D eigenvalue weighted by atomic mass is 19.1. The summed E-state index contributed by atoms with van der Waals surface area (Å²) < 4.78 is 12.9. The third kappa shape index (κ3) is 2.52. The van der Waals surface area contributed by atoms with Crippen molar-refractivity contribution in [1.29, 1.82) is 0 Å². The Bertz CT molecular complexity index is 463. The summed E-state index contributed by atoms with van der Waals surface area (Å²) in [5, 5.41) is 0.894. The monoisotopic (exact) mass is 205 g/mol. The SMILES string of the molecule is CC.Cc1cc(C)c2cc(F)ccc2n1. The predicted molar refractivity (Wildman–Crippen MR) is 62.5 cm³/mol. The minimum atomic E-state index is -0.207. The molecule has 1 nitrogen and oxygen atoms in total. The zero-order valence-electron chi connectivity index (χ0n) is 9.63. The van der Waals surface area contributed by atoms with Gasteiger partial charge in [0.2, 0.25) is 0 Å². The number of aromatic nitrogens is 1. The summed E-state index contributed by atoms with van der Waals surface area (Å²) in [7, 11) is 0. The first-order chi connectivity index (χ1) is 7.16. The number of nitrogens with zero attached hydrogens (tertiary/aromatic N) is 1. The molecule has 0 saturated heterocycles. The molecule has 0 amide bonds. The van der Waals surface area contributed by atoms with Crippen LogP contribution in [0.3, 0.4) is 0 Å². The lowest BCUT2D eigenvalue weighted by Crippen LogP contribution is -1.87. The van der Waals surface area contributed by atoms with Crippen LogP contribution in [0, 0.1) is 19.7 Å². The number of rotatable bonds is 0. The maximum atomic E-state index is 12.9. The number of benzene rings is 1. The fourth-order valence-electron chi connectivity index (χ4n) is 1.53. The molecule has 0 atom stereocenters. The lowest BCUT2D eigenvalue weighted by molar-refractivity contribution is 0.629. The summed E-state index contributed by atoms with van der Waals surface area (Å²) in [6, 6.07) is 6.64. The normalized spacial score (nSPS) is 9.67. The van der Waals surface area contributed by atoms with Gasteiger partial charge in [-0.05, 0) is 43.7 Å². The van der Waals surface area contributed by atoms with Gasteiger partial charge in [-0.25, -0.2) is 4.39 Å². The predicted octanol–water partition coefficient (Wildman–Crippen LogP) is 4.02. The number of fused-ring (bicyclic) bond motifs is 1. The Kier molecular flexibility index (Phi) is 3.78. The molecular formula is C13H16FN. The minimum Gasteiger partial charge on any atom is -0.253 e. The number of hydrogen-bond acceptors (Lipinski definition) is 1. The van der Waals surface area contributed by atoms with Crippen LogP contribution in [0.4, 0.5) is 4.39 Å². The van der Waals surface area contributed by atoms with Crippen molar-refractivity contribution in [1.82, 2.24) is 4.98 Å². The van der Waals surface area contributed by atoms with Crippen molar-refractivity contribution in [2.24, 2.45) is 0 Å². The van der Waals surface area contributed by atoms with E-state index in [1.165, 1.54) is 12.1 Å². The third-order valence-corrected chi connectivity index (χ3v) is 2.11. The molecular weight excluding hydrogens is 189 g/mol. The molecule has 1 aromatic carbocycles. The van der Waals surface area contributed by atoms with E-state index >= 15 is 0 Å². The van der Waals surface area contributed by atoms with E-state index in [1.807, 2.05) is 33.8 Å². The molecule has 0 aliphatic heterocycles. The molecule has 15 heavy (non-hydrogen) atoms. The van der Waals surface area contributed by atoms with E-state index in [0.717, 1.165) is 22.2 Å². The Balaban J connectivity index is 0.000000531. The van der Waals surface area contributed by atoms with Crippen molar-refractivity contribution in [2.75, 3.05) is 0 Å². The van der Waals surface area contributed by atoms with Crippen LogP contribution >= 0.6 is 0 Å². The zero-order valence-corrected chi connectivity index (χ0v) is 9.63. The van der Waals surface area contributed by atoms with Crippen LogP contribution in [0.25, 0.3) is 10.9 Å². The number of aryl methyl sites for hydroxylation is 2. The molecule has 0 spiro atoms. The van der Waals surface area contributed by atoms with Gasteiger partial charge in [0, 0.05) is 11.1 Å². The molecule has 0 aliphatic carbocycles. The van der Waals surface area contributed by atoms with E-state index in [0.29, 0.717) is 0 Å². The smallest absolute Gasteiger partial charge is 0.123 e. The number of pyridine rings is 1. The van der Waals surface area contributed by atoms with Gasteiger partial charge in [-0.2, -0.15) is 0 Å². The van der Waals surface area contributed by atoms with Gasteiger partial charge >= 0.3 is 0 Å². The first-order valence-electron chi connectivity index (χ1n) is 5.20. The van der Waals surface area contributed by atoms with Crippen LogP contribution in [0.1, 0.15) is 25.1 Å². The second-order valence-electron chi connectivity index (χ2n) is 3.24. The van der Waals surface area contributed by atoms with Gasteiger partial charge in [0.25, 0.3) is 0 Å². The summed E-state index contributed by atoms with van der Waals surface area (Å²) in [6.45, 7) is 7.91. The summed E-state index contributed by atoms with van der Waals surface area (Å²) >= 11 is 0. The Morgan fingerprint density at radius 1 is 1.07 bits per heavy atom. The van der Waals surface area contributed by atoms with Gasteiger partial charge in [-0.3, -0.25) is 4.98 Å². The Morgan fingerprint density at radius 3 is 2.40 bits per heavy atom. The highest BCUT2D eigenvalue weighted by Crippen LogP contribution is 2.18. The fourth-order valence-corrected chi connectivity index (χ4v) is 1.53. The summed E-state index contributed by atoms with van der Waals surface area (Å²) in [5.41, 5.74) is 2.90. The molecule has 0 unspecified atom stereocenters. The topological polar surface area (TPSA) is 12.9 Å². The van der Waals surface area contributed by atoms with Gasteiger partial charge in [0.05, 0.1) is 5.52 Å². The highest BCUT2D eigenvalue weighted by Gasteiger charge is 2.00. The maximum absolute atomic E-state index is 12.9. The standard InChI is InChI=1S/C11H10FN.C2H6/c1-7-5-8(2)13-11-4-3-9(12)6-10(7)11;1-2/h3-6H,1-2H3;1-2H3. The molecule has 80 valence electrons. The van der Waals surface area contributed by atoms with Crippen LogP contribution in [0.5, 0.6) is 0 Å². The second kappa shape index (κ2) is 4.87. The van der Waals surface area contributed by atoms with E-state index in [1.54, 1.807) is 6.07 Å². The largest absolute Gasteiger partial charge is 0.253 e. The van der Waals surface area contributed by atoms with Crippen LogP contribution in [0.2, 0.25) is 0 Å². The van der Waals surface area contributed by atoms with Crippen molar-refractivity contribution in [3.63, 3.8) is 0 Å². The average molecular weight is 205 g/mol. The molecule has 0 N–H and O–H groups in total. The van der Waals surface area contributed by atoms with Crippen molar-refractivity contribution in [2.45, 2.75) is 27.7 Å². The van der Waals surface area contributed by atoms with E-state index in [-0.39, 0.29) is 5.82 Å². The molecule has 2 aromatic rings. The molecule has 1 aromatic heterocycles. The molecule has 2 rings (SSSR count). The molecule has 0 saturated carbocycles. The van der Waals surface area contributed by atoms with Gasteiger partial charge in [0.1, 0.15) is 5.82 Å². The van der Waals surface area contributed by atoms with Gasteiger partial charge < -0.3 is 0 Å². The van der Waals surface area contributed by atoms with Gasteiger partial charge in [-0.15, -0.1) is 0 Å². The first-order valence-corrected chi connectivity index (χ1v) is 5.20. The van der Waals surface area contributed by atoms with Crippen LogP contribution in [-0.2, 0) is 0 Å². The first kappa shape index (κ1) is 11.6. The van der Waals surface area contributed by atoms with Crippen molar-refractivity contribution in [3.8, 4) is 0 Å². The van der Waals surface area contributed by atoms with Gasteiger partial charge in [0.15, 0.2) is 0 Å². The highest BCUT2D eigenvalue weighted by molar-refractivity contribution is 5.82. The van der Waals surface area contributed by atoms with Crippen LogP contribution in [-0.4, -0.2) is 4.98 Å². The van der Waals surface area contributed by atoms with E-state index in [9.17, 15) is 4.39 Å². The lowest BCUT2D eigenvalue weighted by Gasteiger charge is -2.02. The molecule has 2 heteroatoms. The van der Waals surface area contributed by atoms with Crippen LogP contribution < -0.4 is 0 Å². The molecule has 0 aliphatic rings. The quantitative estimate of drug-likeness (QED) is 0.633. The number of halogens is 1. The summed E-state index contributed by atoms with van der Waals surface area (Å²) in [4.78, 5) is 4.31. The molecule has 0 radical (unpaired) electrons. The minimum absolute atomic E-state index is 0.207. The Hall–Kier alpha value is -1.44. The maximum Gasteiger partial charge on any atom is 0.123 e. The van der Waals surface area contributed by atoms with Gasteiger partial charge in [-0.1, -0.05) is 13.8 Å². The van der Waals surface area contributed by atoms with E-state index < -0.39 is 0 Å². The van der Waals surface area contributed by atoms with E-state index in [4.69, 9.17) is 0 Å². The fraction of sp³-hybridized carbons (Fsp3) is 0.308. The van der Waals surface area contributed by atoms with Crippen molar-refractivity contribution >= 4 is 10.9 Å². The number of hydrogen-bond donors (Lipinski definition) is 0. The second-order valence-corrected chi connectivity index (χ2v) is 3.24. The van der Waals surface area contributed by atoms with E-state index in [2.05, 4.69) is 4.98 Å². The Labute approximate surface area is 90.0 Å². The summed E-state index contributed by atoms with van der Waals surface area (Å²) in [6.07, 6.45) is 0. The lowest BCUT2D eigenvalue weighted by atomic mass is 10.1. The van der Waals surface area contributed by atoms with Crippen molar-refractivity contribution < 1.29 is 4.39 Å². The molecule has 0 bridgehead atoms. The Morgan fingerprint density at radius 2 is 1.73 bits per heavy atom. The average Bonchev–Trinajstić information content (AvgIpc) is 2.22. The zero-order chi connectivity index (χ0) is 11.4. The van der Waals surface area contributed by atoms with Crippen molar-refractivity contribution in [3.05, 3.63) is 41.3 Å². The third-order valence-electron chi connectivity index (χ3n) is 2.11. The van der Waals surface area contributed by atoms with Crippen LogP contribution in [0.15, 0.2) is 24.3 Å².